The Labute approximate surface area is 193 Å². The van der Waals surface area contributed by atoms with Gasteiger partial charge in [0.25, 0.3) is 5.69 Å². The van der Waals surface area contributed by atoms with E-state index < -0.39 is 10.9 Å². The number of cyclic esters (lactones) is 1. The number of benzene rings is 3. The molecule has 0 unspecified atom stereocenters. The number of hydrogen-bond donors (Lipinski definition) is 0. The van der Waals surface area contributed by atoms with Crippen LogP contribution in [-0.2, 0) is 16.1 Å². The Morgan fingerprint density at radius 1 is 1.12 bits per heavy atom. The molecule has 3 aromatic rings. The average molecular weight is 465 g/mol. The van der Waals surface area contributed by atoms with Gasteiger partial charge in [-0.2, -0.15) is 0 Å². The average Bonchev–Trinajstić information content (AvgIpc) is 3.19. The van der Waals surface area contributed by atoms with Gasteiger partial charge in [-0.15, -0.1) is 0 Å². The number of aliphatic imine (C=N–C) groups is 1. The molecule has 0 radical (unpaired) electrons. The lowest BCUT2D eigenvalue weighted by molar-refractivity contribution is -0.384. The first-order valence-electron chi connectivity index (χ1n) is 9.76. The fraction of sp³-hybridized carbons (Fsp3) is 0.0833. The van der Waals surface area contributed by atoms with Gasteiger partial charge >= 0.3 is 5.97 Å². The molecule has 1 heterocycles. The molecule has 166 valence electrons. The normalized spacial score (nSPS) is 14.1. The zero-order valence-electron chi connectivity index (χ0n) is 17.4. The minimum atomic E-state index is -0.567. The number of ether oxygens (including phenoxy) is 3. The molecule has 0 aliphatic carbocycles. The maximum Gasteiger partial charge on any atom is 0.363 e. The largest absolute Gasteiger partial charge is 0.493 e. The highest BCUT2D eigenvalue weighted by Crippen LogP contribution is 2.38. The standard InChI is InChI=1S/C24H17ClN2O6/c1-31-21-13-16(12-20-24(28)33-23(26-20)17-5-3-2-4-6-17)11-19(25)22(21)32-14-15-7-9-18(10-8-15)27(29)30/h2-13H,14H2,1H3/b20-12+. The minimum Gasteiger partial charge on any atom is -0.493 e. The molecule has 1 aliphatic rings. The first-order valence-corrected chi connectivity index (χ1v) is 10.1. The predicted octanol–water partition coefficient (Wildman–Crippen LogP) is 5.18. The fourth-order valence-corrected chi connectivity index (χ4v) is 3.38. The van der Waals surface area contributed by atoms with Crippen molar-refractivity contribution in [3.05, 3.63) is 104 Å². The molecular formula is C24H17ClN2O6. The van der Waals surface area contributed by atoms with E-state index in [2.05, 4.69) is 4.99 Å². The molecule has 3 aromatic carbocycles. The number of rotatable bonds is 7. The van der Waals surface area contributed by atoms with E-state index in [1.165, 1.54) is 19.2 Å². The number of carbonyl (C=O) groups is 1. The van der Waals surface area contributed by atoms with E-state index in [4.69, 9.17) is 25.8 Å². The van der Waals surface area contributed by atoms with Gasteiger partial charge in [0.05, 0.1) is 17.1 Å². The summed E-state index contributed by atoms with van der Waals surface area (Å²) in [7, 11) is 1.47. The number of carbonyl (C=O) groups excluding carboxylic acids is 1. The molecule has 1 aliphatic heterocycles. The van der Waals surface area contributed by atoms with Gasteiger partial charge in [-0.1, -0.05) is 29.8 Å². The summed E-state index contributed by atoms with van der Waals surface area (Å²) in [6.45, 7) is 0.131. The van der Waals surface area contributed by atoms with E-state index in [0.29, 0.717) is 22.6 Å². The Hall–Kier alpha value is -4.17. The molecule has 0 fully saturated rings. The highest BCUT2D eigenvalue weighted by molar-refractivity contribution is 6.32. The molecular weight excluding hydrogens is 448 g/mol. The van der Waals surface area contributed by atoms with Crippen molar-refractivity contribution in [1.82, 2.24) is 0 Å². The van der Waals surface area contributed by atoms with Crippen molar-refractivity contribution in [2.24, 2.45) is 4.99 Å². The number of nitro benzene ring substituents is 1. The second kappa shape index (κ2) is 9.54. The summed E-state index contributed by atoms with van der Waals surface area (Å²) in [5.74, 6) is 0.326. The quantitative estimate of drug-likeness (QED) is 0.207. The number of esters is 1. The van der Waals surface area contributed by atoms with Crippen LogP contribution in [0.2, 0.25) is 5.02 Å². The summed E-state index contributed by atoms with van der Waals surface area (Å²) >= 11 is 6.42. The Kier molecular flexibility index (Phi) is 6.37. The minimum absolute atomic E-state index is 0.00438. The first-order chi connectivity index (χ1) is 15.9. The second-order valence-corrected chi connectivity index (χ2v) is 7.36. The lowest BCUT2D eigenvalue weighted by atomic mass is 10.1. The lowest BCUT2D eigenvalue weighted by Gasteiger charge is -2.13. The van der Waals surface area contributed by atoms with Crippen LogP contribution in [0.1, 0.15) is 16.7 Å². The van der Waals surface area contributed by atoms with Crippen LogP contribution in [0.15, 0.2) is 77.4 Å². The van der Waals surface area contributed by atoms with Crippen molar-refractivity contribution in [2.75, 3.05) is 7.11 Å². The molecule has 33 heavy (non-hydrogen) atoms. The van der Waals surface area contributed by atoms with E-state index in [-0.39, 0.29) is 28.9 Å². The van der Waals surface area contributed by atoms with Crippen LogP contribution in [0, 0.1) is 10.1 Å². The summed E-state index contributed by atoms with van der Waals surface area (Å²) < 4.78 is 16.5. The SMILES string of the molecule is COc1cc(/C=C2/N=C(c3ccccc3)OC2=O)cc(Cl)c1OCc1ccc([N+](=O)[O-])cc1. The Morgan fingerprint density at radius 3 is 2.52 bits per heavy atom. The topological polar surface area (TPSA) is 100 Å². The highest BCUT2D eigenvalue weighted by Gasteiger charge is 2.24. The molecule has 9 heteroatoms. The molecule has 0 spiro atoms. The van der Waals surface area contributed by atoms with Gasteiger partial charge in [0.2, 0.25) is 5.90 Å². The van der Waals surface area contributed by atoms with Gasteiger partial charge in [-0.3, -0.25) is 10.1 Å². The van der Waals surface area contributed by atoms with Gasteiger partial charge in [0.1, 0.15) is 6.61 Å². The summed E-state index contributed by atoms with van der Waals surface area (Å²) in [6, 6.07) is 18.4. The fourth-order valence-electron chi connectivity index (χ4n) is 3.10. The Balaban J connectivity index is 1.55. The van der Waals surface area contributed by atoms with Crippen molar-refractivity contribution in [3.8, 4) is 11.5 Å². The van der Waals surface area contributed by atoms with Crippen LogP contribution in [0.25, 0.3) is 6.08 Å². The third kappa shape index (κ3) is 5.02. The van der Waals surface area contributed by atoms with Crippen molar-refractivity contribution in [3.63, 3.8) is 0 Å². The Morgan fingerprint density at radius 2 is 1.85 bits per heavy atom. The third-order valence-electron chi connectivity index (χ3n) is 4.73. The number of nitro groups is 1. The second-order valence-electron chi connectivity index (χ2n) is 6.95. The monoisotopic (exact) mass is 464 g/mol. The maximum absolute atomic E-state index is 12.3. The van der Waals surface area contributed by atoms with E-state index in [1.54, 1.807) is 42.5 Å². The van der Waals surface area contributed by atoms with E-state index in [1.807, 2.05) is 18.2 Å². The number of non-ortho nitro benzene ring substituents is 1. The first kappa shape index (κ1) is 22.0. The molecule has 0 saturated carbocycles. The summed E-state index contributed by atoms with van der Waals surface area (Å²) in [5.41, 5.74) is 2.12. The smallest absolute Gasteiger partial charge is 0.363 e. The van der Waals surface area contributed by atoms with Gasteiger partial charge < -0.3 is 14.2 Å². The van der Waals surface area contributed by atoms with E-state index >= 15 is 0 Å². The molecule has 0 aromatic heterocycles. The van der Waals surface area contributed by atoms with Crippen LogP contribution in [-0.4, -0.2) is 23.9 Å². The molecule has 0 N–H and O–H groups in total. The van der Waals surface area contributed by atoms with Crippen molar-refractivity contribution in [1.29, 1.82) is 0 Å². The number of nitrogens with zero attached hydrogens (tertiary/aromatic N) is 2. The highest BCUT2D eigenvalue weighted by atomic mass is 35.5. The van der Waals surface area contributed by atoms with Gasteiger partial charge in [0, 0.05) is 17.7 Å². The van der Waals surface area contributed by atoms with Gasteiger partial charge in [0.15, 0.2) is 17.2 Å². The third-order valence-corrected chi connectivity index (χ3v) is 5.01. The van der Waals surface area contributed by atoms with Crippen molar-refractivity contribution >= 4 is 35.2 Å². The van der Waals surface area contributed by atoms with Gasteiger partial charge in [-0.25, -0.2) is 9.79 Å². The van der Waals surface area contributed by atoms with Crippen molar-refractivity contribution in [2.45, 2.75) is 6.61 Å². The summed E-state index contributed by atoms with van der Waals surface area (Å²) in [5, 5.41) is 11.1. The number of halogens is 1. The molecule has 0 amide bonds. The predicted molar refractivity (Wildman–Crippen MR) is 122 cm³/mol. The number of hydrogen-bond acceptors (Lipinski definition) is 7. The van der Waals surface area contributed by atoms with Crippen LogP contribution in [0.3, 0.4) is 0 Å². The van der Waals surface area contributed by atoms with Crippen LogP contribution >= 0.6 is 11.6 Å². The van der Waals surface area contributed by atoms with Crippen molar-refractivity contribution < 1.29 is 23.9 Å². The molecule has 8 nitrogen and oxygen atoms in total. The lowest BCUT2D eigenvalue weighted by Crippen LogP contribution is -2.05. The van der Waals surface area contributed by atoms with Crippen LogP contribution < -0.4 is 9.47 Å². The van der Waals surface area contributed by atoms with Crippen LogP contribution in [0.4, 0.5) is 5.69 Å². The zero-order chi connectivity index (χ0) is 23.4. The van der Waals surface area contributed by atoms with E-state index in [9.17, 15) is 14.9 Å². The number of methoxy groups -OCH3 is 1. The zero-order valence-corrected chi connectivity index (χ0v) is 18.1. The van der Waals surface area contributed by atoms with Crippen LogP contribution in [0.5, 0.6) is 11.5 Å². The van der Waals surface area contributed by atoms with Gasteiger partial charge in [-0.05, 0) is 53.6 Å². The summed E-state index contributed by atoms with van der Waals surface area (Å²) in [6.07, 6.45) is 1.55. The molecule has 0 saturated heterocycles. The summed E-state index contributed by atoms with van der Waals surface area (Å²) in [4.78, 5) is 26.9. The maximum atomic E-state index is 12.3. The molecule has 0 bridgehead atoms. The molecule has 0 atom stereocenters. The Bertz CT molecular complexity index is 1270. The van der Waals surface area contributed by atoms with E-state index in [0.717, 1.165) is 5.56 Å². The molecule has 4 rings (SSSR count).